The van der Waals surface area contributed by atoms with Gasteiger partial charge in [-0.05, 0) is 43.2 Å². The molecule has 1 amide bonds. The Morgan fingerprint density at radius 3 is 2.42 bits per heavy atom. The van der Waals surface area contributed by atoms with Crippen molar-refractivity contribution in [2.75, 3.05) is 5.32 Å². The molecule has 0 saturated heterocycles. The van der Waals surface area contributed by atoms with Crippen molar-refractivity contribution in [2.45, 2.75) is 36.6 Å². The maximum absolute atomic E-state index is 13.2. The Hall–Kier alpha value is -2.32. The number of benzene rings is 2. The Balaban J connectivity index is 1.77. The smallest absolute Gasteiger partial charge is 0.255 e. The van der Waals surface area contributed by atoms with E-state index in [9.17, 15) is 22.0 Å². The molecule has 138 valence electrons. The predicted octanol–water partition coefficient (Wildman–Crippen LogP) is 3.44. The minimum Gasteiger partial charge on any atom is -0.322 e. The molecule has 5 nitrogen and oxygen atoms in total. The summed E-state index contributed by atoms with van der Waals surface area (Å²) in [6.07, 6.45) is 3.58. The van der Waals surface area contributed by atoms with Crippen molar-refractivity contribution in [1.29, 1.82) is 0 Å². The fourth-order valence-corrected chi connectivity index (χ4v) is 4.26. The highest BCUT2D eigenvalue weighted by atomic mass is 32.2. The molecule has 1 saturated carbocycles. The third-order valence-corrected chi connectivity index (χ3v) is 5.78. The van der Waals surface area contributed by atoms with Gasteiger partial charge in [0.2, 0.25) is 10.0 Å². The second kappa shape index (κ2) is 7.51. The van der Waals surface area contributed by atoms with Gasteiger partial charge in [0.25, 0.3) is 5.91 Å². The number of rotatable bonds is 5. The largest absolute Gasteiger partial charge is 0.322 e. The van der Waals surface area contributed by atoms with Gasteiger partial charge in [-0.15, -0.1) is 0 Å². The summed E-state index contributed by atoms with van der Waals surface area (Å²) in [6.45, 7) is 0. The summed E-state index contributed by atoms with van der Waals surface area (Å²) in [6, 6.07) is 8.47. The maximum atomic E-state index is 13.2. The van der Waals surface area contributed by atoms with Gasteiger partial charge in [0.05, 0.1) is 4.90 Å². The predicted molar refractivity (Wildman–Crippen MR) is 93.3 cm³/mol. The van der Waals surface area contributed by atoms with Crippen LogP contribution in [-0.4, -0.2) is 20.4 Å². The number of sulfonamides is 1. The van der Waals surface area contributed by atoms with Crippen molar-refractivity contribution >= 4 is 21.6 Å². The van der Waals surface area contributed by atoms with Crippen LogP contribution in [0.25, 0.3) is 0 Å². The molecule has 2 N–H and O–H groups in total. The lowest BCUT2D eigenvalue weighted by atomic mass is 10.2. The summed E-state index contributed by atoms with van der Waals surface area (Å²) in [7, 11) is -3.72. The van der Waals surface area contributed by atoms with E-state index in [1.807, 2.05) is 0 Å². The van der Waals surface area contributed by atoms with E-state index >= 15 is 0 Å². The first-order valence-electron chi connectivity index (χ1n) is 8.24. The Morgan fingerprint density at radius 2 is 1.73 bits per heavy atom. The zero-order valence-electron chi connectivity index (χ0n) is 13.8. The highest BCUT2D eigenvalue weighted by Crippen LogP contribution is 2.21. The second-order valence-electron chi connectivity index (χ2n) is 6.21. The number of hydrogen-bond donors (Lipinski definition) is 2. The Morgan fingerprint density at radius 1 is 1.00 bits per heavy atom. The first kappa shape index (κ1) is 18.5. The minimum absolute atomic E-state index is 0.0117. The summed E-state index contributed by atoms with van der Waals surface area (Å²) in [5.41, 5.74) is 0.176. The summed E-state index contributed by atoms with van der Waals surface area (Å²) < 4.78 is 53.8. The quantitative estimate of drug-likeness (QED) is 0.834. The third kappa shape index (κ3) is 4.25. The summed E-state index contributed by atoms with van der Waals surface area (Å²) in [5, 5.41) is 2.42. The molecule has 0 bridgehead atoms. The van der Waals surface area contributed by atoms with Crippen LogP contribution in [-0.2, 0) is 10.0 Å². The average molecular weight is 380 g/mol. The van der Waals surface area contributed by atoms with Crippen LogP contribution in [0.15, 0.2) is 47.4 Å². The zero-order valence-corrected chi connectivity index (χ0v) is 14.7. The van der Waals surface area contributed by atoms with Gasteiger partial charge in [-0.1, -0.05) is 18.9 Å². The standard InChI is InChI=1S/C18H18F2N2O3S/c19-16-9-8-14(11-17(16)20)21-18(23)12-4-3-7-15(10-12)26(24,25)22-13-5-1-2-6-13/h3-4,7-11,13,22H,1-2,5-6H2,(H,21,23). The minimum atomic E-state index is -3.72. The second-order valence-corrected chi connectivity index (χ2v) is 7.93. The van der Waals surface area contributed by atoms with E-state index in [0.29, 0.717) is 0 Å². The monoisotopic (exact) mass is 380 g/mol. The molecule has 0 unspecified atom stereocenters. The zero-order chi connectivity index (χ0) is 18.7. The highest BCUT2D eigenvalue weighted by Gasteiger charge is 2.23. The van der Waals surface area contributed by atoms with E-state index in [1.165, 1.54) is 30.3 Å². The van der Waals surface area contributed by atoms with Gasteiger partial charge in [0.1, 0.15) is 0 Å². The lowest BCUT2D eigenvalue weighted by Gasteiger charge is -2.13. The van der Waals surface area contributed by atoms with Crippen LogP contribution >= 0.6 is 0 Å². The van der Waals surface area contributed by atoms with Crippen molar-refractivity contribution < 1.29 is 22.0 Å². The van der Waals surface area contributed by atoms with Gasteiger partial charge in [0.15, 0.2) is 11.6 Å². The molecule has 1 aliphatic carbocycles. The number of carbonyl (C=O) groups is 1. The summed E-state index contributed by atoms with van der Waals surface area (Å²) >= 11 is 0. The van der Waals surface area contributed by atoms with Gasteiger partial charge in [-0.3, -0.25) is 4.79 Å². The molecule has 0 aliphatic heterocycles. The Bertz CT molecular complexity index is 926. The summed E-state index contributed by atoms with van der Waals surface area (Å²) in [5.74, 6) is -2.72. The van der Waals surface area contributed by atoms with Crippen LogP contribution in [0.5, 0.6) is 0 Å². The molecule has 2 aromatic rings. The number of nitrogens with one attached hydrogen (secondary N) is 2. The molecule has 1 fully saturated rings. The fraction of sp³-hybridized carbons (Fsp3) is 0.278. The Labute approximate surface area is 150 Å². The topological polar surface area (TPSA) is 75.3 Å². The highest BCUT2D eigenvalue weighted by molar-refractivity contribution is 7.89. The molecule has 26 heavy (non-hydrogen) atoms. The van der Waals surface area contributed by atoms with Crippen LogP contribution in [0.3, 0.4) is 0 Å². The van der Waals surface area contributed by atoms with E-state index in [2.05, 4.69) is 10.0 Å². The first-order valence-corrected chi connectivity index (χ1v) is 9.72. The van der Waals surface area contributed by atoms with Crippen molar-refractivity contribution in [3.63, 3.8) is 0 Å². The summed E-state index contributed by atoms with van der Waals surface area (Å²) in [4.78, 5) is 12.3. The third-order valence-electron chi connectivity index (χ3n) is 4.26. The van der Waals surface area contributed by atoms with E-state index in [1.54, 1.807) is 0 Å². The van der Waals surface area contributed by atoms with Crippen LogP contribution < -0.4 is 10.0 Å². The maximum Gasteiger partial charge on any atom is 0.255 e. The van der Waals surface area contributed by atoms with Gasteiger partial charge in [-0.25, -0.2) is 21.9 Å². The SMILES string of the molecule is O=C(Nc1ccc(F)c(F)c1)c1cccc(S(=O)(=O)NC2CCCC2)c1. The van der Waals surface area contributed by atoms with Crippen molar-refractivity contribution in [2.24, 2.45) is 0 Å². The number of carbonyl (C=O) groups excluding carboxylic acids is 1. The van der Waals surface area contributed by atoms with Crippen LogP contribution in [0.4, 0.5) is 14.5 Å². The number of halogens is 2. The molecular formula is C18H18F2N2O3S. The van der Waals surface area contributed by atoms with Crippen molar-refractivity contribution in [3.05, 3.63) is 59.7 Å². The molecule has 1 aliphatic rings. The van der Waals surface area contributed by atoms with E-state index in [4.69, 9.17) is 0 Å². The van der Waals surface area contributed by atoms with Gasteiger partial charge in [-0.2, -0.15) is 0 Å². The molecule has 0 atom stereocenters. The van der Waals surface area contributed by atoms with Gasteiger partial charge >= 0.3 is 0 Å². The van der Waals surface area contributed by atoms with Crippen LogP contribution in [0, 0.1) is 11.6 Å². The molecule has 0 heterocycles. The number of anilines is 1. The molecular weight excluding hydrogens is 362 g/mol. The van der Waals surface area contributed by atoms with Crippen LogP contribution in [0.1, 0.15) is 36.0 Å². The van der Waals surface area contributed by atoms with Crippen molar-refractivity contribution in [1.82, 2.24) is 4.72 Å². The van der Waals surface area contributed by atoms with Crippen LogP contribution in [0.2, 0.25) is 0 Å². The number of hydrogen-bond acceptors (Lipinski definition) is 3. The molecule has 2 aromatic carbocycles. The molecule has 0 aromatic heterocycles. The normalized spacial score (nSPS) is 15.2. The average Bonchev–Trinajstić information content (AvgIpc) is 3.10. The number of amides is 1. The fourth-order valence-electron chi connectivity index (χ4n) is 2.91. The van der Waals surface area contributed by atoms with E-state index in [0.717, 1.165) is 37.8 Å². The molecule has 8 heteroatoms. The van der Waals surface area contributed by atoms with Crippen molar-refractivity contribution in [3.8, 4) is 0 Å². The Kier molecular flexibility index (Phi) is 5.33. The van der Waals surface area contributed by atoms with E-state index < -0.39 is 27.6 Å². The first-order chi connectivity index (χ1) is 12.3. The molecule has 0 spiro atoms. The lowest BCUT2D eigenvalue weighted by Crippen LogP contribution is -2.32. The molecule has 0 radical (unpaired) electrons. The molecule has 3 rings (SSSR count). The van der Waals surface area contributed by atoms with E-state index in [-0.39, 0.29) is 22.2 Å². The van der Waals surface area contributed by atoms with Gasteiger partial charge in [0, 0.05) is 23.4 Å². The lowest BCUT2D eigenvalue weighted by molar-refractivity contribution is 0.102. The van der Waals surface area contributed by atoms with Gasteiger partial charge < -0.3 is 5.32 Å².